The Morgan fingerprint density at radius 2 is 1.70 bits per heavy atom. The molecule has 0 spiro atoms. The molecule has 0 bridgehead atoms. The first-order chi connectivity index (χ1) is 28.7. The molecule has 2 aromatic carbocycles. The maximum Gasteiger partial charge on any atom is 0.391 e. The molecule has 1 N–H and O–H groups in total. The van der Waals surface area contributed by atoms with Gasteiger partial charge in [0.15, 0.2) is 5.78 Å². The fourth-order valence-corrected chi connectivity index (χ4v) is 10.2. The second-order valence-electron chi connectivity index (χ2n) is 18.1. The normalized spacial score (nSPS) is 24.0. The molecule has 2 aliphatic carbocycles. The Bertz CT molecular complexity index is 2310. The van der Waals surface area contributed by atoms with Gasteiger partial charge in [-0.05, 0) is 55.6 Å². The van der Waals surface area contributed by atoms with Crippen molar-refractivity contribution in [1.29, 1.82) is 0 Å². The fourth-order valence-electron chi connectivity index (χ4n) is 8.80. The number of sulfonamides is 1. The molecule has 3 heterocycles. The zero-order valence-corrected chi connectivity index (χ0v) is 35.7. The van der Waals surface area contributed by atoms with E-state index in [9.17, 15) is 40.8 Å². The van der Waals surface area contributed by atoms with Crippen LogP contribution in [0.2, 0.25) is 0 Å². The second kappa shape index (κ2) is 16.7. The lowest BCUT2D eigenvalue weighted by Crippen LogP contribution is -2.50. The SMILES string of the molecule is C=C[C@@H]1C[C@]1(CC(=O)[C@@H]1C[C@@H](Oc2cc(-c3ccccc3)nc3cc(OC)ccc23)CN1C(=O)[C@@H](CC(=O)N1CCC(C(F)(F)F)CC1)C(C)(C)C)C(=O)NS(=O)(=O)C1CC1. The molecule has 3 aromatic rings. The number of Topliss-reactive ketones (excluding diaryl/α,β-unsaturated/α-hetero) is 1. The van der Waals surface area contributed by atoms with Crippen molar-refractivity contribution in [3.63, 3.8) is 0 Å². The minimum atomic E-state index is -4.36. The van der Waals surface area contributed by atoms with Gasteiger partial charge in [-0.25, -0.2) is 13.4 Å². The highest BCUT2D eigenvalue weighted by molar-refractivity contribution is 7.90. The summed E-state index contributed by atoms with van der Waals surface area (Å²) in [5.74, 6) is -4.13. The third kappa shape index (κ3) is 9.43. The van der Waals surface area contributed by atoms with Gasteiger partial charge in [0.1, 0.15) is 17.6 Å². The van der Waals surface area contributed by atoms with E-state index in [1.807, 2.05) is 36.4 Å². The Morgan fingerprint density at radius 1 is 1.02 bits per heavy atom. The maximum atomic E-state index is 14.9. The monoisotopic (exact) mass is 866 g/mol. The molecular formula is C45H53F3N4O8S. The van der Waals surface area contributed by atoms with Gasteiger partial charge < -0.3 is 19.3 Å². The van der Waals surface area contributed by atoms with Crippen LogP contribution >= 0.6 is 0 Å². The molecule has 3 amide bonds. The zero-order chi connectivity index (χ0) is 44.1. The number of carbonyl (C=O) groups is 4. The number of fused-ring (bicyclic) bond motifs is 1. The quantitative estimate of drug-likeness (QED) is 0.171. The molecule has 0 radical (unpaired) electrons. The van der Waals surface area contributed by atoms with Crippen LogP contribution in [0.5, 0.6) is 11.5 Å². The van der Waals surface area contributed by atoms with Crippen LogP contribution in [0.4, 0.5) is 13.2 Å². The van der Waals surface area contributed by atoms with E-state index in [-0.39, 0.29) is 58.2 Å². The van der Waals surface area contributed by atoms with E-state index < -0.39 is 85.7 Å². The first kappa shape index (κ1) is 44.1. The lowest BCUT2D eigenvalue weighted by atomic mass is 9.77. The summed E-state index contributed by atoms with van der Waals surface area (Å²) in [6.07, 6.45) is -3.56. The number of halogens is 3. The third-order valence-electron chi connectivity index (χ3n) is 12.9. The number of methoxy groups -OCH3 is 1. The van der Waals surface area contributed by atoms with Crippen LogP contribution in [0.15, 0.2) is 67.3 Å². The Hall–Kier alpha value is -4.99. The summed E-state index contributed by atoms with van der Waals surface area (Å²) in [5, 5.41) is -0.00770. The number of pyridine rings is 1. The Balaban J connectivity index is 1.19. The van der Waals surface area contributed by atoms with Gasteiger partial charge in [-0.15, -0.1) is 6.58 Å². The van der Waals surface area contributed by atoms with Crippen molar-refractivity contribution in [2.45, 2.75) is 95.7 Å². The van der Waals surface area contributed by atoms with E-state index >= 15 is 0 Å². The van der Waals surface area contributed by atoms with Crippen LogP contribution in [0, 0.1) is 28.6 Å². The summed E-state index contributed by atoms with van der Waals surface area (Å²) in [6, 6.07) is 15.5. The maximum absolute atomic E-state index is 14.9. The number of amides is 3. The molecule has 2 saturated carbocycles. The summed E-state index contributed by atoms with van der Waals surface area (Å²) in [4.78, 5) is 64.7. The number of piperidine rings is 1. The van der Waals surface area contributed by atoms with Gasteiger partial charge in [0.2, 0.25) is 27.7 Å². The van der Waals surface area contributed by atoms with E-state index in [0.717, 1.165) is 5.56 Å². The molecule has 2 aliphatic heterocycles. The highest BCUT2D eigenvalue weighted by Crippen LogP contribution is 2.57. The van der Waals surface area contributed by atoms with E-state index in [0.29, 0.717) is 40.9 Å². The number of nitrogens with one attached hydrogen (secondary N) is 1. The van der Waals surface area contributed by atoms with Crippen LogP contribution in [0.1, 0.15) is 72.1 Å². The van der Waals surface area contributed by atoms with Crippen molar-refractivity contribution in [3.8, 4) is 22.8 Å². The van der Waals surface area contributed by atoms with Gasteiger partial charge in [-0.3, -0.25) is 23.9 Å². The summed E-state index contributed by atoms with van der Waals surface area (Å²) < 4.78 is 80.4. The van der Waals surface area contributed by atoms with Gasteiger partial charge in [-0.1, -0.05) is 57.2 Å². The lowest BCUT2D eigenvalue weighted by molar-refractivity contribution is -0.186. The highest BCUT2D eigenvalue weighted by Gasteiger charge is 2.61. The molecule has 5 atom stereocenters. The number of hydrogen-bond donors (Lipinski definition) is 1. The molecule has 16 heteroatoms. The molecule has 12 nitrogen and oxygen atoms in total. The predicted octanol–water partition coefficient (Wildman–Crippen LogP) is 6.87. The smallest absolute Gasteiger partial charge is 0.391 e. The molecule has 4 aliphatic rings. The molecule has 2 saturated heterocycles. The lowest BCUT2D eigenvalue weighted by Gasteiger charge is -2.37. The number of rotatable bonds is 14. The number of allylic oxidation sites excluding steroid dienone is 1. The van der Waals surface area contributed by atoms with Crippen LogP contribution < -0.4 is 14.2 Å². The summed E-state index contributed by atoms with van der Waals surface area (Å²) in [5.41, 5.74) is -0.183. The fraction of sp³-hybridized carbons (Fsp3) is 0.533. The minimum absolute atomic E-state index is 0.0256. The van der Waals surface area contributed by atoms with Crippen LogP contribution in [0.25, 0.3) is 22.2 Å². The Kier molecular flexibility index (Phi) is 12.1. The highest BCUT2D eigenvalue weighted by atomic mass is 32.2. The first-order valence-electron chi connectivity index (χ1n) is 20.8. The number of likely N-dealkylation sites (tertiary alicyclic amines) is 2. The number of ketones is 1. The first-order valence-corrected chi connectivity index (χ1v) is 22.4. The largest absolute Gasteiger partial charge is 0.497 e. The van der Waals surface area contributed by atoms with Crippen molar-refractivity contribution in [2.24, 2.45) is 28.6 Å². The number of hydrogen-bond acceptors (Lipinski definition) is 9. The van der Waals surface area contributed by atoms with Gasteiger partial charge in [0, 0.05) is 55.4 Å². The molecule has 4 fully saturated rings. The third-order valence-corrected chi connectivity index (χ3v) is 14.7. The Morgan fingerprint density at radius 3 is 2.30 bits per heavy atom. The van der Waals surface area contributed by atoms with Crippen molar-refractivity contribution in [2.75, 3.05) is 26.7 Å². The minimum Gasteiger partial charge on any atom is -0.497 e. The number of benzene rings is 2. The number of alkyl halides is 3. The van der Waals surface area contributed by atoms with E-state index in [1.54, 1.807) is 46.1 Å². The average Bonchev–Trinajstić information content (AvgIpc) is 4.15. The van der Waals surface area contributed by atoms with Crippen molar-refractivity contribution >= 4 is 44.4 Å². The zero-order valence-electron chi connectivity index (χ0n) is 34.9. The molecule has 7 rings (SSSR count). The molecule has 328 valence electrons. The predicted molar refractivity (Wildman–Crippen MR) is 222 cm³/mol. The van der Waals surface area contributed by atoms with Crippen molar-refractivity contribution in [3.05, 3.63) is 67.3 Å². The van der Waals surface area contributed by atoms with Gasteiger partial charge in [0.05, 0.1) is 53.4 Å². The average molecular weight is 867 g/mol. The van der Waals surface area contributed by atoms with Crippen LogP contribution in [0.3, 0.4) is 0 Å². The van der Waals surface area contributed by atoms with Crippen LogP contribution in [-0.2, 0) is 29.2 Å². The topological polar surface area (TPSA) is 152 Å². The number of carbonyl (C=O) groups excluding carboxylic acids is 4. The molecular weight excluding hydrogens is 814 g/mol. The second-order valence-corrected chi connectivity index (χ2v) is 20.0. The Labute approximate surface area is 354 Å². The molecule has 61 heavy (non-hydrogen) atoms. The molecule has 1 aromatic heterocycles. The standard InChI is InChI=1S/C45H53F3N4O8S/c1-6-28-24-44(28,42(56)50-61(57,58)32-13-14-32)25-38(53)37-21-31(60-39-23-35(27-10-8-7-9-11-27)49-36-20-30(59-5)12-15-33(36)39)26-52(37)41(55)34(43(2,3)4)22-40(54)51-18-16-29(17-19-51)45(46,47)48/h6-12,15,20,23,28-29,31-32,34,37H,1,13-14,16-19,21-22,24-26H2,2-5H3,(H,50,56)/t28-,31-,34-,37+,44-/m1/s1. The number of nitrogens with zero attached hydrogens (tertiary/aromatic N) is 3. The van der Waals surface area contributed by atoms with Crippen molar-refractivity contribution in [1.82, 2.24) is 19.5 Å². The number of ether oxygens (including phenoxy) is 2. The number of aromatic nitrogens is 1. The summed E-state index contributed by atoms with van der Waals surface area (Å²) in [7, 11) is -2.37. The molecule has 0 unspecified atom stereocenters. The van der Waals surface area contributed by atoms with Crippen LogP contribution in [-0.4, -0.2) is 97.0 Å². The van der Waals surface area contributed by atoms with E-state index in [4.69, 9.17) is 14.5 Å². The van der Waals surface area contributed by atoms with Gasteiger partial charge in [0.25, 0.3) is 0 Å². The summed E-state index contributed by atoms with van der Waals surface area (Å²) >= 11 is 0. The van der Waals surface area contributed by atoms with Crippen molar-refractivity contribution < 1.29 is 50.2 Å². The van der Waals surface area contributed by atoms with Gasteiger partial charge in [-0.2, -0.15) is 13.2 Å². The van der Waals surface area contributed by atoms with E-state index in [2.05, 4.69) is 11.3 Å². The summed E-state index contributed by atoms with van der Waals surface area (Å²) in [6.45, 7) is 8.96. The van der Waals surface area contributed by atoms with E-state index in [1.165, 1.54) is 15.9 Å². The van der Waals surface area contributed by atoms with Gasteiger partial charge >= 0.3 is 6.18 Å².